The number of hydrazone groups is 1. The fourth-order valence-corrected chi connectivity index (χ4v) is 4.49. The van der Waals surface area contributed by atoms with Gasteiger partial charge in [0, 0.05) is 31.2 Å². The Labute approximate surface area is 155 Å². The molecule has 0 radical (unpaired) electrons. The first kappa shape index (κ1) is 19.0. The summed E-state index contributed by atoms with van der Waals surface area (Å²) in [7, 11) is 0.162. The number of piperidine rings is 1. The monoisotopic (exact) mass is 381 g/mol. The quantitative estimate of drug-likeness (QED) is 0.779. The first-order valence-electron chi connectivity index (χ1n) is 8.94. The molecule has 2 aliphatic heterocycles. The van der Waals surface area contributed by atoms with E-state index in [-0.39, 0.29) is 0 Å². The minimum Gasteiger partial charge on any atom is -0.493 e. The standard InChI is InChI=1S/C18H27N3O4S/c1-24-17-7-6-14(13-18(17)25-2)16-5-4-10-21(19-16)15-8-11-20(12-9-15)26(3,22)23/h6-7,13,15H,4-5,8-12H2,1-3H3. The Morgan fingerprint density at radius 1 is 1.08 bits per heavy atom. The fraction of sp³-hybridized carbons (Fsp3) is 0.611. The maximum Gasteiger partial charge on any atom is 0.211 e. The van der Waals surface area contributed by atoms with Crippen LogP contribution in [0.15, 0.2) is 23.3 Å². The number of rotatable bonds is 5. The second-order valence-electron chi connectivity index (χ2n) is 6.78. The van der Waals surface area contributed by atoms with E-state index < -0.39 is 10.0 Å². The lowest BCUT2D eigenvalue weighted by Gasteiger charge is -2.38. The average Bonchev–Trinajstić information content (AvgIpc) is 2.67. The summed E-state index contributed by atoms with van der Waals surface area (Å²) in [5.74, 6) is 1.41. The van der Waals surface area contributed by atoms with Gasteiger partial charge in [0.15, 0.2) is 11.5 Å². The molecule has 1 aromatic rings. The van der Waals surface area contributed by atoms with E-state index in [1.165, 1.54) is 6.26 Å². The van der Waals surface area contributed by atoms with Gasteiger partial charge in [0.25, 0.3) is 0 Å². The molecule has 144 valence electrons. The van der Waals surface area contributed by atoms with Crippen LogP contribution in [0.5, 0.6) is 11.5 Å². The lowest BCUT2D eigenvalue weighted by atomic mass is 10.0. The molecule has 3 rings (SSSR count). The zero-order chi connectivity index (χ0) is 18.7. The second kappa shape index (κ2) is 7.84. The lowest BCUT2D eigenvalue weighted by molar-refractivity contribution is 0.137. The highest BCUT2D eigenvalue weighted by Crippen LogP contribution is 2.30. The van der Waals surface area contributed by atoms with Crippen molar-refractivity contribution < 1.29 is 17.9 Å². The Balaban J connectivity index is 1.74. The van der Waals surface area contributed by atoms with Crippen molar-refractivity contribution in [2.45, 2.75) is 31.7 Å². The summed E-state index contributed by atoms with van der Waals surface area (Å²) >= 11 is 0. The molecule has 1 aromatic carbocycles. The Hall–Kier alpha value is -1.80. The van der Waals surface area contributed by atoms with E-state index in [0.29, 0.717) is 30.6 Å². The van der Waals surface area contributed by atoms with E-state index in [4.69, 9.17) is 14.6 Å². The Morgan fingerprint density at radius 2 is 1.77 bits per heavy atom. The van der Waals surface area contributed by atoms with Crippen LogP contribution in [0.3, 0.4) is 0 Å². The second-order valence-corrected chi connectivity index (χ2v) is 8.76. The van der Waals surface area contributed by atoms with Crippen molar-refractivity contribution in [2.75, 3.05) is 40.1 Å². The Kier molecular flexibility index (Phi) is 5.72. The highest BCUT2D eigenvalue weighted by molar-refractivity contribution is 7.88. The van der Waals surface area contributed by atoms with E-state index >= 15 is 0 Å². The fourth-order valence-electron chi connectivity index (χ4n) is 3.62. The maximum atomic E-state index is 11.7. The molecule has 2 heterocycles. The van der Waals surface area contributed by atoms with Gasteiger partial charge in [-0.05, 0) is 43.9 Å². The molecule has 1 fully saturated rings. The normalized spacial score (nSPS) is 20.0. The van der Waals surface area contributed by atoms with Crippen LogP contribution in [-0.4, -0.2) is 69.6 Å². The van der Waals surface area contributed by atoms with Gasteiger partial charge in [-0.2, -0.15) is 5.10 Å². The summed E-state index contributed by atoms with van der Waals surface area (Å²) in [5.41, 5.74) is 2.09. The number of nitrogens with zero attached hydrogens (tertiary/aromatic N) is 3. The molecule has 0 amide bonds. The number of benzene rings is 1. The van der Waals surface area contributed by atoms with Crippen LogP contribution in [0.1, 0.15) is 31.2 Å². The van der Waals surface area contributed by atoms with Gasteiger partial charge in [-0.15, -0.1) is 0 Å². The molecule has 0 N–H and O–H groups in total. The topological polar surface area (TPSA) is 71.4 Å². The molecule has 0 spiro atoms. The zero-order valence-electron chi connectivity index (χ0n) is 15.6. The minimum absolute atomic E-state index is 0.295. The van der Waals surface area contributed by atoms with E-state index in [1.807, 2.05) is 18.2 Å². The number of hydrogen-bond acceptors (Lipinski definition) is 6. The van der Waals surface area contributed by atoms with Crippen LogP contribution in [0.25, 0.3) is 0 Å². The maximum absolute atomic E-state index is 11.7. The number of sulfonamides is 1. The molecular weight excluding hydrogens is 354 g/mol. The van der Waals surface area contributed by atoms with Crippen LogP contribution in [0.2, 0.25) is 0 Å². The van der Waals surface area contributed by atoms with Gasteiger partial charge >= 0.3 is 0 Å². The lowest BCUT2D eigenvalue weighted by Crippen LogP contribution is -2.46. The first-order valence-corrected chi connectivity index (χ1v) is 10.8. The Morgan fingerprint density at radius 3 is 2.38 bits per heavy atom. The smallest absolute Gasteiger partial charge is 0.211 e. The van der Waals surface area contributed by atoms with Crippen LogP contribution in [-0.2, 0) is 10.0 Å². The van der Waals surface area contributed by atoms with Crippen molar-refractivity contribution in [2.24, 2.45) is 5.10 Å². The van der Waals surface area contributed by atoms with Crippen molar-refractivity contribution in [3.05, 3.63) is 23.8 Å². The van der Waals surface area contributed by atoms with Crippen LogP contribution >= 0.6 is 0 Å². The summed E-state index contributed by atoms with van der Waals surface area (Å²) in [6.45, 7) is 2.06. The molecule has 0 aromatic heterocycles. The van der Waals surface area contributed by atoms with Gasteiger partial charge in [0.05, 0.1) is 26.2 Å². The molecule has 0 aliphatic carbocycles. The highest BCUT2D eigenvalue weighted by atomic mass is 32.2. The van der Waals surface area contributed by atoms with Crippen LogP contribution in [0, 0.1) is 0 Å². The molecule has 0 unspecified atom stereocenters. The predicted octanol–water partition coefficient (Wildman–Crippen LogP) is 1.93. The van der Waals surface area contributed by atoms with E-state index in [1.54, 1.807) is 18.5 Å². The summed E-state index contributed by atoms with van der Waals surface area (Å²) in [4.78, 5) is 0. The summed E-state index contributed by atoms with van der Waals surface area (Å²) in [6.07, 6.45) is 4.88. The summed E-state index contributed by atoms with van der Waals surface area (Å²) < 4.78 is 35.6. The molecule has 2 aliphatic rings. The van der Waals surface area contributed by atoms with Gasteiger partial charge in [0.2, 0.25) is 10.0 Å². The molecule has 0 atom stereocenters. The van der Waals surface area contributed by atoms with Crippen molar-refractivity contribution >= 4 is 15.7 Å². The average molecular weight is 381 g/mol. The van der Waals surface area contributed by atoms with E-state index in [0.717, 1.165) is 43.5 Å². The number of hydrogen-bond donors (Lipinski definition) is 0. The third-order valence-electron chi connectivity index (χ3n) is 5.08. The SMILES string of the molecule is COc1ccc(C2=NN(C3CCN(S(C)(=O)=O)CC3)CCC2)cc1OC. The molecule has 26 heavy (non-hydrogen) atoms. The van der Waals surface area contributed by atoms with Gasteiger partial charge in [0.1, 0.15) is 0 Å². The van der Waals surface area contributed by atoms with Crippen molar-refractivity contribution in [3.63, 3.8) is 0 Å². The van der Waals surface area contributed by atoms with E-state index in [9.17, 15) is 8.42 Å². The van der Waals surface area contributed by atoms with Gasteiger partial charge in [-0.25, -0.2) is 12.7 Å². The molecule has 1 saturated heterocycles. The molecule has 0 saturated carbocycles. The molecule has 8 heteroatoms. The van der Waals surface area contributed by atoms with Gasteiger partial charge in [-0.3, -0.25) is 5.01 Å². The van der Waals surface area contributed by atoms with E-state index in [2.05, 4.69) is 5.01 Å². The molecule has 7 nitrogen and oxygen atoms in total. The zero-order valence-corrected chi connectivity index (χ0v) is 16.5. The predicted molar refractivity (Wildman–Crippen MR) is 101 cm³/mol. The highest BCUT2D eigenvalue weighted by Gasteiger charge is 2.29. The van der Waals surface area contributed by atoms with Gasteiger partial charge < -0.3 is 9.47 Å². The first-order chi connectivity index (χ1) is 12.4. The Bertz CT molecular complexity index is 771. The van der Waals surface area contributed by atoms with Crippen molar-refractivity contribution in [1.82, 2.24) is 9.31 Å². The van der Waals surface area contributed by atoms with Gasteiger partial charge in [-0.1, -0.05) is 0 Å². The largest absolute Gasteiger partial charge is 0.493 e. The third kappa shape index (κ3) is 4.12. The summed E-state index contributed by atoms with van der Waals surface area (Å²) in [5, 5.41) is 7.03. The van der Waals surface area contributed by atoms with Crippen LogP contribution < -0.4 is 9.47 Å². The molecular formula is C18H27N3O4S. The number of ether oxygens (including phenoxy) is 2. The third-order valence-corrected chi connectivity index (χ3v) is 6.38. The summed E-state index contributed by atoms with van der Waals surface area (Å²) in [6, 6.07) is 6.17. The van der Waals surface area contributed by atoms with Crippen LogP contribution in [0.4, 0.5) is 0 Å². The number of methoxy groups -OCH3 is 2. The molecule has 0 bridgehead atoms. The minimum atomic E-state index is -3.09. The van der Waals surface area contributed by atoms with Crippen molar-refractivity contribution in [1.29, 1.82) is 0 Å². The van der Waals surface area contributed by atoms with Crippen molar-refractivity contribution in [3.8, 4) is 11.5 Å².